The summed E-state index contributed by atoms with van der Waals surface area (Å²) in [5, 5.41) is 13.4. The summed E-state index contributed by atoms with van der Waals surface area (Å²) >= 11 is 0. The van der Waals surface area contributed by atoms with Crippen molar-refractivity contribution in [3.63, 3.8) is 0 Å². The number of carboxylic acid groups (broad SMARTS) is 1. The van der Waals surface area contributed by atoms with Gasteiger partial charge in [-0.2, -0.15) is 0 Å². The van der Waals surface area contributed by atoms with Crippen LogP contribution in [0.1, 0.15) is 46.0 Å². The Balaban J connectivity index is 1.70. The monoisotopic (exact) mass is 280 g/mol. The van der Waals surface area contributed by atoms with Crippen LogP contribution in [0, 0.1) is 17.8 Å². The second kappa shape index (κ2) is 5.30. The maximum absolute atomic E-state index is 12.0. The Kier molecular flexibility index (Phi) is 3.80. The molecule has 3 unspecified atom stereocenters. The zero-order chi connectivity index (χ0) is 14.3. The second-order valence-electron chi connectivity index (χ2n) is 7.45. The van der Waals surface area contributed by atoms with Gasteiger partial charge in [0.25, 0.3) is 0 Å². The molecule has 2 aliphatic carbocycles. The summed E-state index contributed by atoms with van der Waals surface area (Å²) in [4.78, 5) is 14.4. The van der Waals surface area contributed by atoms with E-state index in [1.807, 2.05) is 0 Å². The van der Waals surface area contributed by atoms with Gasteiger partial charge in [-0.1, -0.05) is 13.8 Å². The molecule has 3 rings (SSSR count). The molecule has 114 valence electrons. The molecule has 0 radical (unpaired) electrons. The summed E-state index contributed by atoms with van der Waals surface area (Å²) in [6, 6.07) is 0.452. The van der Waals surface area contributed by atoms with Crippen LogP contribution in [-0.2, 0) is 4.79 Å². The Hall–Kier alpha value is -0.610. The van der Waals surface area contributed by atoms with Gasteiger partial charge in [-0.3, -0.25) is 10.1 Å². The van der Waals surface area contributed by atoms with Crippen molar-refractivity contribution in [2.24, 2.45) is 17.8 Å². The van der Waals surface area contributed by atoms with Crippen molar-refractivity contribution >= 4 is 5.97 Å². The topological polar surface area (TPSA) is 52.6 Å². The summed E-state index contributed by atoms with van der Waals surface area (Å²) in [5.41, 5.74) is -0.679. The van der Waals surface area contributed by atoms with Crippen LogP contribution in [0.4, 0.5) is 0 Å². The molecule has 3 fully saturated rings. The first-order valence-corrected chi connectivity index (χ1v) is 8.24. The van der Waals surface area contributed by atoms with Crippen molar-refractivity contribution in [3.05, 3.63) is 0 Å². The lowest BCUT2D eigenvalue weighted by molar-refractivity contribution is -0.147. The molecule has 2 saturated carbocycles. The molecule has 0 aromatic rings. The predicted octanol–water partition coefficient (Wildman–Crippen LogP) is 1.95. The molecule has 4 heteroatoms. The number of carboxylic acids is 1. The van der Waals surface area contributed by atoms with Gasteiger partial charge >= 0.3 is 5.97 Å². The van der Waals surface area contributed by atoms with E-state index in [1.54, 1.807) is 0 Å². The Morgan fingerprint density at radius 2 is 1.90 bits per heavy atom. The maximum atomic E-state index is 12.0. The van der Waals surface area contributed by atoms with E-state index in [4.69, 9.17) is 0 Å². The minimum atomic E-state index is -0.679. The molecule has 3 aliphatic rings. The molecule has 0 aromatic carbocycles. The van der Waals surface area contributed by atoms with E-state index < -0.39 is 11.5 Å². The first kappa shape index (κ1) is 14.3. The van der Waals surface area contributed by atoms with Crippen LogP contribution >= 0.6 is 0 Å². The van der Waals surface area contributed by atoms with Gasteiger partial charge in [-0.25, -0.2) is 0 Å². The molecular weight excluding hydrogens is 252 g/mol. The summed E-state index contributed by atoms with van der Waals surface area (Å²) < 4.78 is 0. The van der Waals surface area contributed by atoms with Crippen LogP contribution in [0.2, 0.25) is 0 Å². The standard InChI is InChI=1S/C16H28N2O2/c1-11-7-8-18(9-12(11)2)10-16(15(19)20,13-3-4-13)17-14-5-6-14/h11-14,17H,3-10H2,1-2H3,(H,19,20). The van der Waals surface area contributed by atoms with E-state index in [1.165, 1.54) is 6.42 Å². The molecule has 1 heterocycles. The Morgan fingerprint density at radius 3 is 2.40 bits per heavy atom. The number of hydrogen-bond acceptors (Lipinski definition) is 3. The highest BCUT2D eigenvalue weighted by atomic mass is 16.4. The van der Waals surface area contributed by atoms with Gasteiger partial charge in [0.1, 0.15) is 5.54 Å². The maximum Gasteiger partial charge on any atom is 0.325 e. The van der Waals surface area contributed by atoms with Crippen molar-refractivity contribution in [3.8, 4) is 0 Å². The lowest BCUT2D eigenvalue weighted by atomic mass is 9.86. The molecule has 1 saturated heterocycles. The van der Waals surface area contributed by atoms with Crippen LogP contribution in [0.25, 0.3) is 0 Å². The molecule has 0 bridgehead atoms. The molecule has 0 aromatic heterocycles. The molecule has 1 aliphatic heterocycles. The highest BCUT2D eigenvalue weighted by Gasteiger charge is 2.54. The SMILES string of the molecule is CC1CCN(CC(NC2CC2)(C(=O)O)C2CC2)CC1C. The van der Waals surface area contributed by atoms with Crippen LogP contribution < -0.4 is 5.32 Å². The summed E-state index contributed by atoms with van der Waals surface area (Å²) in [7, 11) is 0. The lowest BCUT2D eigenvalue weighted by Gasteiger charge is -2.41. The highest BCUT2D eigenvalue weighted by Crippen LogP contribution is 2.42. The van der Waals surface area contributed by atoms with Crippen molar-refractivity contribution in [1.82, 2.24) is 10.2 Å². The van der Waals surface area contributed by atoms with E-state index in [0.717, 1.165) is 44.7 Å². The summed E-state index contributed by atoms with van der Waals surface area (Å²) in [5.74, 6) is 1.16. The van der Waals surface area contributed by atoms with E-state index in [2.05, 4.69) is 24.1 Å². The molecule has 3 atom stereocenters. The predicted molar refractivity (Wildman–Crippen MR) is 78.6 cm³/mol. The number of hydrogen-bond donors (Lipinski definition) is 2. The number of carbonyl (C=O) groups is 1. The van der Waals surface area contributed by atoms with Gasteiger partial charge in [0.15, 0.2) is 0 Å². The quantitative estimate of drug-likeness (QED) is 0.781. The van der Waals surface area contributed by atoms with Gasteiger partial charge in [-0.15, -0.1) is 0 Å². The van der Waals surface area contributed by atoms with E-state index in [9.17, 15) is 9.90 Å². The normalized spacial score (nSPS) is 34.7. The minimum absolute atomic E-state index is 0.343. The highest BCUT2D eigenvalue weighted by molar-refractivity contribution is 5.80. The average molecular weight is 280 g/mol. The first-order valence-electron chi connectivity index (χ1n) is 8.24. The fourth-order valence-corrected chi connectivity index (χ4v) is 3.61. The van der Waals surface area contributed by atoms with Gasteiger partial charge in [0.05, 0.1) is 0 Å². The van der Waals surface area contributed by atoms with Crippen molar-refractivity contribution < 1.29 is 9.90 Å². The Labute approximate surface area is 121 Å². The molecule has 4 nitrogen and oxygen atoms in total. The number of nitrogens with one attached hydrogen (secondary N) is 1. The molecular formula is C16H28N2O2. The number of nitrogens with zero attached hydrogens (tertiary/aromatic N) is 1. The largest absolute Gasteiger partial charge is 0.480 e. The third kappa shape index (κ3) is 2.86. The van der Waals surface area contributed by atoms with Crippen molar-refractivity contribution in [1.29, 1.82) is 0 Å². The van der Waals surface area contributed by atoms with Gasteiger partial charge < -0.3 is 10.0 Å². The third-order valence-electron chi connectivity index (χ3n) is 5.59. The second-order valence-corrected chi connectivity index (χ2v) is 7.45. The summed E-state index contributed by atoms with van der Waals surface area (Å²) in [6.45, 7) is 7.41. The van der Waals surface area contributed by atoms with Crippen LogP contribution in [0.5, 0.6) is 0 Å². The third-order valence-corrected chi connectivity index (χ3v) is 5.59. The fourth-order valence-electron chi connectivity index (χ4n) is 3.61. The van der Waals surface area contributed by atoms with Gasteiger partial charge in [0, 0.05) is 19.1 Å². The number of likely N-dealkylation sites (tertiary alicyclic amines) is 1. The zero-order valence-electron chi connectivity index (χ0n) is 12.8. The zero-order valence-corrected chi connectivity index (χ0v) is 12.8. The Bertz CT molecular complexity index is 379. The Morgan fingerprint density at radius 1 is 1.20 bits per heavy atom. The average Bonchev–Trinajstić information content (AvgIpc) is 3.25. The smallest absolute Gasteiger partial charge is 0.325 e. The number of piperidine rings is 1. The van der Waals surface area contributed by atoms with E-state index >= 15 is 0 Å². The van der Waals surface area contributed by atoms with Crippen molar-refractivity contribution in [2.45, 2.75) is 57.5 Å². The molecule has 2 N–H and O–H groups in total. The molecule has 20 heavy (non-hydrogen) atoms. The van der Waals surface area contributed by atoms with E-state index in [0.29, 0.717) is 24.4 Å². The molecule has 0 spiro atoms. The van der Waals surface area contributed by atoms with Crippen LogP contribution in [-0.4, -0.2) is 47.2 Å². The van der Waals surface area contributed by atoms with Crippen LogP contribution in [0.15, 0.2) is 0 Å². The van der Waals surface area contributed by atoms with Crippen molar-refractivity contribution in [2.75, 3.05) is 19.6 Å². The van der Waals surface area contributed by atoms with Gasteiger partial charge in [-0.05, 0) is 56.4 Å². The fraction of sp³-hybridized carbons (Fsp3) is 0.938. The first-order chi connectivity index (χ1) is 9.51. The minimum Gasteiger partial charge on any atom is -0.480 e. The number of aliphatic carboxylic acids is 1. The lowest BCUT2D eigenvalue weighted by Crippen LogP contribution is -2.62. The van der Waals surface area contributed by atoms with E-state index in [-0.39, 0.29) is 0 Å². The van der Waals surface area contributed by atoms with Gasteiger partial charge in [0.2, 0.25) is 0 Å². The van der Waals surface area contributed by atoms with Crippen LogP contribution in [0.3, 0.4) is 0 Å². The summed E-state index contributed by atoms with van der Waals surface area (Å²) in [6.07, 6.45) is 5.65. The molecule has 0 amide bonds. The number of rotatable bonds is 6.